The predicted octanol–water partition coefficient (Wildman–Crippen LogP) is 5.53. The van der Waals surface area contributed by atoms with Gasteiger partial charge in [0.05, 0.1) is 80.3 Å². The maximum absolute atomic E-state index is 15.4. The zero-order valence-corrected chi connectivity index (χ0v) is 45.6. The molecule has 2 saturated carbocycles. The van der Waals surface area contributed by atoms with Crippen LogP contribution in [-0.4, -0.2) is 176 Å². The minimum absolute atomic E-state index is 0.00560. The first kappa shape index (κ1) is 50.9. The Morgan fingerprint density at radius 3 is 2.47 bits per heavy atom. The number of piperazine rings is 1. The molecule has 408 valence electrons. The van der Waals surface area contributed by atoms with Gasteiger partial charge in [0.2, 0.25) is 5.91 Å². The van der Waals surface area contributed by atoms with Crippen LogP contribution < -0.4 is 15.6 Å². The molecule has 76 heavy (non-hydrogen) atoms. The molecule has 4 aromatic rings. The molecule has 0 unspecified atom stereocenters. The molecule has 6 atom stereocenters. The zero-order chi connectivity index (χ0) is 52.0. The lowest BCUT2D eigenvalue weighted by atomic mass is 9.72. The number of pyridine rings is 1. The summed E-state index contributed by atoms with van der Waals surface area (Å²) in [4.78, 5) is 62.3. The van der Waals surface area contributed by atoms with Gasteiger partial charge in [0, 0.05) is 122 Å². The molecular formula is C57H75N9O9S. The Kier molecular flexibility index (Phi) is 13.6. The third-order valence-corrected chi connectivity index (χ3v) is 19.1. The van der Waals surface area contributed by atoms with Gasteiger partial charge in [-0.1, -0.05) is 26.8 Å². The van der Waals surface area contributed by atoms with Crippen LogP contribution in [0.15, 0.2) is 35.8 Å². The maximum Gasteiger partial charge on any atom is 0.325 e. The smallest absolute Gasteiger partial charge is 0.325 e. The van der Waals surface area contributed by atoms with Crippen molar-refractivity contribution in [2.45, 2.75) is 128 Å². The first-order valence-electron chi connectivity index (χ1n) is 28.1. The number of aromatic nitrogens is 3. The molecule has 2 N–H and O–H groups in total. The molecular weight excluding hydrogens is 987 g/mol. The summed E-state index contributed by atoms with van der Waals surface area (Å²) < 4.78 is 38.9. The molecule has 7 saturated heterocycles. The highest BCUT2D eigenvalue weighted by Gasteiger charge is 2.57. The van der Waals surface area contributed by atoms with Gasteiger partial charge in [-0.3, -0.25) is 34.2 Å². The van der Waals surface area contributed by atoms with Crippen molar-refractivity contribution >= 4 is 45.7 Å². The monoisotopic (exact) mass is 1060 g/mol. The Hall–Kier alpha value is -4.57. The van der Waals surface area contributed by atoms with Crippen LogP contribution in [0.5, 0.6) is 0 Å². The molecule has 18 nitrogen and oxygen atoms in total. The highest BCUT2D eigenvalue weighted by Crippen LogP contribution is 2.48. The van der Waals surface area contributed by atoms with Crippen LogP contribution in [-0.2, 0) is 55.8 Å². The van der Waals surface area contributed by atoms with Crippen molar-refractivity contribution < 1.29 is 42.8 Å². The van der Waals surface area contributed by atoms with E-state index in [-0.39, 0.29) is 59.9 Å². The van der Waals surface area contributed by atoms with Crippen molar-refractivity contribution in [3.8, 4) is 22.5 Å². The number of hydrogen-bond acceptors (Lipinski definition) is 16. The van der Waals surface area contributed by atoms with E-state index in [4.69, 9.17) is 38.4 Å². The second-order valence-electron chi connectivity index (χ2n) is 24.4. The first-order valence-corrected chi connectivity index (χ1v) is 29.0. The minimum atomic E-state index is -1.02. The fourth-order valence-electron chi connectivity index (χ4n) is 13.4. The Labute approximate surface area is 449 Å². The lowest BCUT2D eigenvalue weighted by Gasteiger charge is -2.58. The third-order valence-electron chi connectivity index (χ3n) is 18.2. The molecule has 1 spiro atoms. The molecule has 9 fully saturated rings. The van der Waals surface area contributed by atoms with Gasteiger partial charge in [0.15, 0.2) is 0 Å². The van der Waals surface area contributed by atoms with E-state index in [1.165, 1.54) is 24.2 Å². The summed E-state index contributed by atoms with van der Waals surface area (Å²) >= 11 is 1.51. The molecule has 10 aliphatic rings. The fraction of sp³-hybridized carbons (Fsp3) is 0.667. The van der Waals surface area contributed by atoms with Crippen molar-refractivity contribution in [3.63, 3.8) is 0 Å². The average molecular weight is 1060 g/mol. The van der Waals surface area contributed by atoms with Crippen LogP contribution >= 0.6 is 11.3 Å². The topological polar surface area (TPSA) is 174 Å². The Morgan fingerprint density at radius 2 is 1.78 bits per heavy atom. The second-order valence-corrected chi connectivity index (χ2v) is 25.3. The summed E-state index contributed by atoms with van der Waals surface area (Å²) in [5.74, 6) is -0.963. The van der Waals surface area contributed by atoms with Crippen molar-refractivity contribution in [3.05, 3.63) is 52.1 Å². The molecule has 14 rings (SSSR count). The van der Waals surface area contributed by atoms with Crippen LogP contribution in [0.3, 0.4) is 0 Å². The summed E-state index contributed by atoms with van der Waals surface area (Å²) in [5, 5.41) is 8.75. The van der Waals surface area contributed by atoms with Gasteiger partial charge in [0.1, 0.15) is 23.2 Å². The van der Waals surface area contributed by atoms with Crippen molar-refractivity contribution in [2.75, 3.05) is 97.5 Å². The van der Waals surface area contributed by atoms with Gasteiger partial charge < -0.3 is 43.2 Å². The van der Waals surface area contributed by atoms with E-state index in [0.29, 0.717) is 78.5 Å². The number of likely N-dealkylation sites (tertiary alicyclic amines) is 1. The summed E-state index contributed by atoms with van der Waals surface area (Å²) in [6, 6.07) is 7.24. The third kappa shape index (κ3) is 9.46. The Balaban J connectivity index is 0.956. The minimum Gasteiger partial charge on any atom is -0.464 e. The number of carbonyl (C=O) groups is 3. The van der Waals surface area contributed by atoms with Gasteiger partial charge in [-0.2, -0.15) is 0 Å². The van der Waals surface area contributed by atoms with Gasteiger partial charge in [-0.05, 0) is 81.5 Å². The lowest BCUT2D eigenvalue weighted by molar-refractivity contribution is -0.204. The molecule has 0 radical (unpaired) electrons. The predicted molar refractivity (Wildman–Crippen MR) is 285 cm³/mol. The van der Waals surface area contributed by atoms with Crippen LogP contribution in [0, 0.1) is 22.7 Å². The summed E-state index contributed by atoms with van der Waals surface area (Å²) in [6.07, 6.45) is 7.40. The number of fused-ring (bicyclic) bond motifs is 4. The standard InChI is InChI=1S/C57H75N9O9S/c1-33-26-74-51(33)52(67)60-48-50(64-28-57(29-64)31-72-32-57)53-59-44(27-76-53)35-6-9-45-41(22-35)43(24-56(3,4)30-75-55(69)47-36-20-38(21-36)66(61-47)54(48)68)49(65(45)16-19-73-40-10-17-71-18-11-40)42-23-39(25-58-46(42)34(2)70-5)63-14-12-62(13-15-63)37-7-8-37/h6,9,22-23,25,27,33-34,36-38,40,47-48,50-51,61H,7-8,10-21,24,26,28-32H2,1-5H3,(H,60,67)/t33-,34-,36?,38?,47-,48-,50+,51-/m0/s1. The molecule has 1 aromatic carbocycles. The first-order chi connectivity index (χ1) is 36.8. The number of esters is 1. The highest BCUT2D eigenvalue weighted by molar-refractivity contribution is 7.10. The van der Waals surface area contributed by atoms with E-state index in [9.17, 15) is 9.59 Å². The number of thiazole rings is 1. The number of rotatable bonds is 12. The summed E-state index contributed by atoms with van der Waals surface area (Å²) in [7, 11) is 1.75. The van der Waals surface area contributed by atoms with Gasteiger partial charge in [0.25, 0.3) is 5.91 Å². The summed E-state index contributed by atoms with van der Waals surface area (Å²) in [6.45, 7) is 18.2. The van der Waals surface area contributed by atoms with E-state index in [0.717, 1.165) is 100 Å². The molecule has 3 aromatic heterocycles. The molecule has 8 bridgehead atoms. The largest absolute Gasteiger partial charge is 0.464 e. The molecule has 11 heterocycles. The van der Waals surface area contributed by atoms with Crippen LogP contribution in [0.2, 0.25) is 0 Å². The number of cyclic esters (lactones) is 1. The van der Waals surface area contributed by atoms with E-state index in [2.05, 4.69) is 80.4 Å². The normalized spacial score (nSPS) is 30.2. The molecule has 2 amide bonds. The van der Waals surface area contributed by atoms with Crippen molar-refractivity contribution in [1.29, 1.82) is 0 Å². The van der Waals surface area contributed by atoms with Crippen molar-refractivity contribution in [1.82, 2.24) is 40.1 Å². The Bertz CT molecular complexity index is 2840. The quantitative estimate of drug-likeness (QED) is 0.170. The number of ether oxygens (including phenoxy) is 6. The number of nitrogens with zero attached hydrogens (tertiary/aromatic N) is 7. The zero-order valence-electron chi connectivity index (χ0n) is 44.8. The van der Waals surface area contributed by atoms with Gasteiger partial charge >= 0.3 is 5.97 Å². The Morgan fingerprint density at radius 1 is 0.987 bits per heavy atom. The number of methoxy groups -OCH3 is 1. The molecule has 8 aliphatic heterocycles. The summed E-state index contributed by atoms with van der Waals surface area (Å²) in [5.41, 5.74) is 10.7. The number of hydrogen-bond donors (Lipinski definition) is 2. The number of amides is 2. The van der Waals surface area contributed by atoms with Gasteiger partial charge in [-0.25, -0.2) is 10.4 Å². The van der Waals surface area contributed by atoms with E-state index in [1.54, 1.807) is 12.1 Å². The van der Waals surface area contributed by atoms with Crippen LogP contribution in [0.25, 0.3) is 33.4 Å². The average Bonchev–Trinajstić information content (AvgIpc) is 4.09. The maximum atomic E-state index is 15.4. The highest BCUT2D eigenvalue weighted by atomic mass is 32.1. The van der Waals surface area contributed by atoms with E-state index in [1.807, 2.05) is 13.1 Å². The number of benzene rings is 1. The fourth-order valence-corrected chi connectivity index (χ4v) is 14.4. The van der Waals surface area contributed by atoms with Crippen molar-refractivity contribution in [2.24, 2.45) is 22.7 Å². The number of hydrazine groups is 1. The number of carbonyl (C=O) groups excluding carboxylic acids is 3. The number of anilines is 1. The van der Waals surface area contributed by atoms with Gasteiger partial charge in [-0.15, -0.1) is 11.3 Å². The molecule has 19 heteroatoms. The second kappa shape index (κ2) is 20.3. The van der Waals surface area contributed by atoms with Crippen LogP contribution in [0.4, 0.5) is 5.69 Å². The lowest BCUT2D eigenvalue weighted by Crippen LogP contribution is -2.74. The number of nitrogens with one attached hydrogen (secondary N) is 2. The van der Waals surface area contributed by atoms with E-state index < -0.39 is 29.6 Å². The molecule has 2 aliphatic carbocycles. The van der Waals surface area contributed by atoms with E-state index >= 15 is 4.79 Å². The van der Waals surface area contributed by atoms with Crippen LogP contribution in [0.1, 0.15) is 94.6 Å². The SMILES string of the molecule is CO[C@@H](C)c1ncc(N2CCN(C3CC3)CC2)cc1-c1c2c3cc(ccc3n1CCOC1CCOCC1)-c1csc(n1)[C@H](N1CC3(COC3)C1)[C@H](NC(=O)[C@H]1OC[C@@H]1C)C(=O)N1N[C@H](C(=O)OCC(C)(C)C2)C2CC1C2.